The average Bonchev–Trinajstić information content (AvgIpc) is 2.57. The third-order valence-corrected chi connectivity index (χ3v) is 4.87. The second kappa shape index (κ2) is 8.82. The van der Waals surface area contributed by atoms with E-state index in [1.807, 2.05) is 18.0 Å². The van der Waals surface area contributed by atoms with Gasteiger partial charge in [0.1, 0.15) is 0 Å². The predicted octanol–water partition coefficient (Wildman–Crippen LogP) is 4.40. The maximum absolute atomic E-state index is 12.3. The number of nitrogens with one attached hydrogen (secondary N) is 1. The normalized spacial score (nSPS) is 17.0. The summed E-state index contributed by atoms with van der Waals surface area (Å²) in [7, 11) is 1.92. The number of carbonyl (C=O) groups is 1. The van der Waals surface area contributed by atoms with Gasteiger partial charge in [-0.25, -0.2) is 4.79 Å². The number of hydrogen-bond acceptors (Lipinski definition) is 1. The number of rotatable bonds is 6. The number of hydrogen-bond donors (Lipinski definition) is 1. The molecule has 0 spiro atoms. The van der Waals surface area contributed by atoms with Gasteiger partial charge in [0.2, 0.25) is 0 Å². The Kier molecular flexibility index (Phi) is 6.75. The molecule has 1 aliphatic rings. The van der Waals surface area contributed by atoms with E-state index in [1.165, 1.54) is 37.7 Å². The molecule has 2 amide bonds. The Labute approximate surface area is 135 Å². The first kappa shape index (κ1) is 16.9. The molecular weight excluding hydrogens is 272 g/mol. The Balaban J connectivity index is 1.78. The molecule has 22 heavy (non-hydrogen) atoms. The molecule has 1 N–H and O–H groups in total. The monoisotopic (exact) mass is 302 g/mol. The first-order valence-corrected chi connectivity index (χ1v) is 8.74. The second-order valence-corrected chi connectivity index (χ2v) is 6.59. The lowest BCUT2D eigenvalue weighted by Gasteiger charge is -2.27. The fraction of sp³-hybridized carbons (Fsp3) is 0.632. The van der Waals surface area contributed by atoms with Crippen LogP contribution in [0.25, 0.3) is 0 Å². The van der Waals surface area contributed by atoms with E-state index in [9.17, 15) is 4.79 Å². The van der Waals surface area contributed by atoms with Crippen LogP contribution in [-0.2, 0) is 0 Å². The van der Waals surface area contributed by atoms with Crippen LogP contribution in [0.2, 0.25) is 0 Å². The van der Waals surface area contributed by atoms with E-state index >= 15 is 0 Å². The van der Waals surface area contributed by atoms with Crippen LogP contribution in [-0.4, -0.2) is 31.1 Å². The lowest BCUT2D eigenvalue weighted by molar-refractivity contribution is 0.191. The molecule has 0 aliphatic heterocycles. The Morgan fingerprint density at radius 1 is 1.23 bits per heavy atom. The fourth-order valence-corrected chi connectivity index (χ4v) is 3.41. The second-order valence-electron chi connectivity index (χ2n) is 6.59. The summed E-state index contributed by atoms with van der Waals surface area (Å²) in [5.74, 6) is 1.09. The Bertz CT molecular complexity index is 440. The van der Waals surface area contributed by atoms with Crippen molar-refractivity contribution >= 4 is 6.03 Å². The third kappa shape index (κ3) is 5.04. The predicted molar refractivity (Wildman–Crippen MR) is 92.1 cm³/mol. The lowest BCUT2D eigenvalue weighted by Crippen LogP contribution is -2.41. The molecule has 0 heterocycles. The summed E-state index contributed by atoms with van der Waals surface area (Å²) in [5.41, 5.74) is 1.31. The van der Waals surface area contributed by atoms with Crippen molar-refractivity contribution in [1.82, 2.24) is 10.2 Å². The Morgan fingerprint density at radius 2 is 1.91 bits per heavy atom. The highest BCUT2D eigenvalue weighted by molar-refractivity contribution is 5.73. The molecule has 3 heteroatoms. The van der Waals surface area contributed by atoms with Gasteiger partial charge in [-0.15, -0.1) is 0 Å². The van der Waals surface area contributed by atoms with E-state index in [2.05, 4.69) is 36.5 Å². The van der Waals surface area contributed by atoms with Crippen molar-refractivity contribution in [2.75, 3.05) is 20.1 Å². The van der Waals surface area contributed by atoms with Gasteiger partial charge in [-0.3, -0.25) is 0 Å². The SMILES string of the molecule is CCC(CNC(=O)N(C)CC1CCCCC1)c1ccccc1. The van der Waals surface area contributed by atoms with E-state index < -0.39 is 0 Å². The zero-order valence-corrected chi connectivity index (χ0v) is 14.1. The highest BCUT2D eigenvalue weighted by Gasteiger charge is 2.19. The van der Waals surface area contributed by atoms with Crippen molar-refractivity contribution in [3.63, 3.8) is 0 Å². The largest absolute Gasteiger partial charge is 0.337 e. The summed E-state index contributed by atoms with van der Waals surface area (Å²) in [5, 5.41) is 3.11. The van der Waals surface area contributed by atoms with E-state index in [-0.39, 0.29) is 6.03 Å². The molecule has 0 aromatic heterocycles. The van der Waals surface area contributed by atoms with Crippen molar-refractivity contribution in [2.24, 2.45) is 5.92 Å². The van der Waals surface area contributed by atoms with Crippen LogP contribution in [0.1, 0.15) is 56.9 Å². The number of nitrogens with zero attached hydrogens (tertiary/aromatic N) is 1. The fourth-order valence-electron chi connectivity index (χ4n) is 3.41. The maximum atomic E-state index is 12.3. The average molecular weight is 302 g/mol. The van der Waals surface area contributed by atoms with E-state index in [4.69, 9.17) is 0 Å². The zero-order valence-electron chi connectivity index (χ0n) is 14.1. The summed E-state index contributed by atoms with van der Waals surface area (Å²) in [6.07, 6.45) is 7.61. The molecule has 3 nitrogen and oxygen atoms in total. The topological polar surface area (TPSA) is 32.3 Å². The van der Waals surface area contributed by atoms with E-state index in [1.54, 1.807) is 0 Å². The molecule has 0 bridgehead atoms. The molecule has 0 saturated heterocycles. The molecular formula is C19H30N2O. The Morgan fingerprint density at radius 3 is 2.55 bits per heavy atom. The highest BCUT2D eigenvalue weighted by atomic mass is 16.2. The standard InChI is InChI=1S/C19H30N2O/c1-3-17(18-12-8-5-9-13-18)14-20-19(22)21(2)15-16-10-6-4-7-11-16/h5,8-9,12-13,16-17H,3-4,6-7,10-11,14-15H2,1-2H3,(H,20,22). The molecule has 1 unspecified atom stereocenters. The van der Waals surface area contributed by atoms with Crippen molar-refractivity contribution in [2.45, 2.75) is 51.4 Å². The van der Waals surface area contributed by atoms with Crippen LogP contribution >= 0.6 is 0 Å². The number of urea groups is 1. The molecule has 1 aromatic rings. The van der Waals surface area contributed by atoms with E-state index in [0.717, 1.165) is 13.0 Å². The number of amides is 2. The third-order valence-electron chi connectivity index (χ3n) is 4.87. The Hall–Kier alpha value is -1.51. The summed E-state index contributed by atoms with van der Waals surface area (Å²) in [6.45, 7) is 3.79. The van der Waals surface area contributed by atoms with Crippen LogP contribution in [0.3, 0.4) is 0 Å². The van der Waals surface area contributed by atoms with Crippen molar-refractivity contribution in [3.05, 3.63) is 35.9 Å². The zero-order chi connectivity index (χ0) is 15.8. The van der Waals surface area contributed by atoms with Crippen LogP contribution < -0.4 is 5.32 Å². The molecule has 1 fully saturated rings. The van der Waals surface area contributed by atoms with Gasteiger partial charge in [-0.05, 0) is 30.7 Å². The van der Waals surface area contributed by atoms with Gasteiger partial charge in [0.05, 0.1) is 0 Å². The minimum atomic E-state index is 0.0694. The minimum absolute atomic E-state index is 0.0694. The molecule has 122 valence electrons. The lowest BCUT2D eigenvalue weighted by atomic mass is 9.89. The number of carbonyl (C=O) groups excluding carboxylic acids is 1. The van der Waals surface area contributed by atoms with Crippen molar-refractivity contribution < 1.29 is 4.79 Å². The van der Waals surface area contributed by atoms with Crippen LogP contribution in [0, 0.1) is 5.92 Å². The first-order chi connectivity index (χ1) is 10.7. The van der Waals surface area contributed by atoms with E-state index in [0.29, 0.717) is 18.4 Å². The molecule has 0 radical (unpaired) electrons. The smallest absolute Gasteiger partial charge is 0.317 e. The minimum Gasteiger partial charge on any atom is -0.337 e. The first-order valence-electron chi connectivity index (χ1n) is 8.74. The summed E-state index contributed by atoms with van der Waals surface area (Å²) >= 11 is 0. The summed E-state index contributed by atoms with van der Waals surface area (Å²) in [6, 6.07) is 10.5. The van der Waals surface area contributed by atoms with Gasteiger partial charge < -0.3 is 10.2 Å². The van der Waals surface area contributed by atoms with Gasteiger partial charge in [0.15, 0.2) is 0 Å². The number of benzene rings is 1. The summed E-state index contributed by atoms with van der Waals surface area (Å²) < 4.78 is 0. The van der Waals surface area contributed by atoms with Crippen LogP contribution in [0.5, 0.6) is 0 Å². The van der Waals surface area contributed by atoms with Crippen LogP contribution in [0.4, 0.5) is 4.79 Å². The van der Waals surface area contributed by atoms with Gasteiger partial charge in [0, 0.05) is 26.1 Å². The maximum Gasteiger partial charge on any atom is 0.317 e. The van der Waals surface area contributed by atoms with Gasteiger partial charge in [-0.2, -0.15) is 0 Å². The van der Waals surface area contributed by atoms with Crippen molar-refractivity contribution in [3.8, 4) is 0 Å². The van der Waals surface area contributed by atoms with Crippen LogP contribution in [0.15, 0.2) is 30.3 Å². The van der Waals surface area contributed by atoms with Gasteiger partial charge in [-0.1, -0.05) is 56.5 Å². The molecule has 1 saturated carbocycles. The van der Waals surface area contributed by atoms with Gasteiger partial charge >= 0.3 is 6.03 Å². The van der Waals surface area contributed by atoms with Crippen molar-refractivity contribution in [1.29, 1.82) is 0 Å². The van der Waals surface area contributed by atoms with Gasteiger partial charge in [0.25, 0.3) is 0 Å². The molecule has 2 rings (SSSR count). The molecule has 1 atom stereocenters. The summed E-state index contributed by atoms with van der Waals surface area (Å²) in [4.78, 5) is 14.2. The molecule has 1 aliphatic carbocycles. The molecule has 1 aromatic carbocycles. The highest BCUT2D eigenvalue weighted by Crippen LogP contribution is 2.24. The quantitative estimate of drug-likeness (QED) is 0.830.